The first-order valence-corrected chi connectivity index (χ1v) is 13.6. The molecule has 37 heavy (non-hydrogen) atoms. The Hall–Kier alpha value is -2.76. The van der Waals surface area contributed by atoms with E-state index in [2.05, 4.69) is 24.6 Å². The Morgan fingerprint density at radius 2 is 1.92 bits per heavy atom. The summed E-state index contributed by atoms with van der Waals surface area (Å²) < 4.78 is 67.4. The van der Waals surface area contributed by atoms with Gasteiger partial charge in [0, 0.05) is 18.4 Å². The summed E-state index contributed by atoms with van der Waals surface area (Å²) in [6.07, 6.45) is 2.28. The van der Waals surface area contributed by atoms with Crippen molar-refractivity contribution in [3.63, 3.8) is 0 Å². The molecular weight excluding hydrogens is 527 g/mol. The van der Waals surface area contributed by atoms with Gasteiger partial charge in [-0.05, 0) is 75.4 Å². The Bertz CT molecular complexity index is 1340. The maximum atomic E-state index is 13.2. The van der Waals surface area contributed by atoms with Gasteiger partial charge in [-0.15, -0.1) is 0 Å². The maximum absolute atomic E-state index is 13.2. The summed E-state index contributed by atoms with van der Waals surface area (Å²) >= 11 is 6.47. The number of rotatable bonds is 7. The van der Waals surface area contributed by atoms with Crippen LogP contribution in [0.2, 0.25) is 5.02 Å². The number of anilines is 1. The molecule has 0 spiro atoms. The first-order valence-electron chi connectivity index (χ1n) is 11.7. The highest BCUT2D eigenvalue weighted by Crippen LogP contribution is 2.41. The highest BCUT2D eigenvalue weighted by molar-refractivity contribution is 7.92. The van der Waals surface area contributed by atoms with Crippen LogP contribution in [0.15, 0.2) is 60.0 Å². The molecule has 1 saturated carbocycles. The van der Waals surface area contributed by atoms with E-state index >= 15 is 0 Å². The minimum absolute atomic E-state index is 0.00905. The van der Waals surface area contributed by atoms with Crippen molar-refractivity contribution < 1.29 is 21.6 Å². The smallest absolute Gasteiger partial charge is 0.306 e. The van der Waals surface area contributed by atoms with Gasteiger partial charge in [0.2, 0.25) is 0 Å². The number of nitrogens with one attached hydrogen (secondary N) is 1. The molecule has 0 saturated heterocycles. The average Bonchev–Trinajstić information content (AvgIpc) is 2.85. The summed E-state index contributed by atoms with van der Waals surface area (Å²) in [5, 5.41) is 0.239. The third-order valence-corrected chi connectivity index (χ3v) is 8.43. The van der Waals surface area contributed by atoms with Crippen molar-refractivity contribution in [1.82, 2.24) is 19.9 Å². The van der Waals surface area contributed by atoms with Crippen LogP contribution in [0.3, 0.4) is 0 Å². The zero-order chi connectivity index (χ0) is 26.8. The molecular formula is C25H27ClF3N5O2S. The number of alkyl halides is 3. The molecule has 12 heteroatoms. The molecule has 0 aliphatic heterocycles. The summed E-state index contributed by atoms with van der Waals surface area (Å²) in [6, 6.07) is 8.47. The van der Waals surface area contributed by atoms with Gasteiger partial charge in [0.25, 0.3) is 10.0 Å². The number of aromatic nitrogens is 3. The summed E-state index contributed by atoms with van der Waals surface area (Å²) in [5.74, 6) is 0.292. The van der Waals surface area contributed by atoms with Crippen LogP contribution in [0.25, 0.3) is 0 Å². The number of pyridine rings is 1. The predicted octanol–water partition coefficient (Wildman–Crippen LogP) is 5.40. The van der Waals surface area contributed by atoms with E-state index in [4.69, 9.17) is 11.6 Å². The Morgan fingerprint density at radius 3 is 2.57 bits per heavy atom. The van der Waals surface area contributed by atoms with E-state index in [1.165, 1.54) is 43.0 Å². The summed E-state index contributed by atoms with van der Waals surface area (Å²) in [5.41, 5.74) is 0.646. The van der Waals surface area contributed by atoms with E-state index in [1.807, 2.05) is 14.1 Å². The van der Waals surface area contributed by atoms with Gasteiger partial charge in [0.15, 0.2) is 0 Å². The molecule has 2 heterocycles. The molecule has 2 aromatic heterocycles. The second kappa shape index (κ2) is 10.9. The molecule has 7 nitrogen and oxygen atoms in total. The molecule has 1 fully saturated rings. The molecule has 1 unspecified atom stereocenters. The van der Waals surface area contributed by atoms with E-state index in [9.17, 15) is 21.6 Å². The minimum atomic E-state index is -4.37. The third-order valence-electron chi connectivity index (χ3n) is 6.78. The summed E-state index contributed by atoms with van der Waals surface area (Å²) in [4.78, 5) is 14.0. The lowest BCUT2D eigenvalue weighted by atomic mass is 9.73. The molecule has 3 aromatic rings. The van der Waals surface area contributed by atoms with Gasteiger partial charge in [-0.1, -0.05) is 29.8 Å². The first-order chi connectivity index (χ1) is 17.4. The Kier molecular flexibility index (Phi) is 8.05. The second-order valence-electron chi connectivity index (χ2n) is 9.43. The van der Waals surface area contributed by atoms with Gasteiger partial charge in [-0.2, -0.15) is 13.2 Å². The van der Waals surface area contributed by atoms with Gasteiger partial charge in [-0.25, -0.2) is 18.4 Å². The van der Waals surface area contributed by atoms with Crippen molar-refractivity contribution in [2.24, 2.45) is 5.92 Å². The highest BCUT2D eigenvalue weighted by Gasteiger charge is 2.35. The van der Waals surface area contributed by atoms with Gasteiger partial charge in [0.1, 0.15) is 17.0 Å². The first kappa shape index (κ1) is 27.3. The van der Waals surface area contributed by atoms with Crippen LogP contribution in [-0.2, 0) is 22.6 Å². The van der Waals surface area contributed by atoms with Crippen LogP contribution in [0.5, 0.6) is 0 Å². The van der Waals surface area contributed by atoms with Gasteiger partial charge < -0.3 is 4.90 Å². The van der Waals surface area contributed by atoms with Crippen LogP contribution in [-0.4, -0.2) is 48.4 Å². The van der Waals surface area contributed by atoms with Crippen molar-refractivity contribution in [3.8, 4) is 0 Å². The van der Waals surface area contributed by atoms with Crippen molar-refractivity contribution in [1.29, 1.82) is 0 Å². The SMILES string of the molecule is CN(C)[C@H]1C[C@@H](c2cccc(C(F)(F)F)c2)CCC1Cc1ncc(S(=O)(=O)Nc2ccncn2)cc1Cl. The number of nitrogens with zero attached hydrogens (tertiary/aromatic N) is 4. The zero-order valence-corrected chi connectivity index (χ0v) is 21.9. The predicted molar refractivity (Wildman–Crippen MR) is 135 cm³/mol. The molecule has 3 atom stereocenters. The summed E-state index contributed by atoms with van der Waals surface area (Å²) in [7, 11) is -0.0293. The topological polar surface area (TPSA) is 88.1 Å². The van der Waals surface area contributed by atoms with Crippen molar-refractivity contribution in [3.05, 3.63) is 77.0 Å². The van der Waals surface area contributed by atoms with Crippen molar-refractivity contribution in [2.75, 3.05) is 18.8 Å². The monoisotopic (exact) mass is 553 g/mol. The Morgan fingerprint density at radius 1 is 1.14 bits per heavy atom. The number of hydrogen-bond acceptors (Lipinski definition) is 6. The lowest BCUT2D eigenvalue weighted by Crippen LogP contribution is -2.41. The lowest BCUT2D eigenvalue weighted by Gasteiger charge is -2.40. The fraction of sp³-hybridized carbons (Fsp3) is 0.400. The fourth-order valence-corrected chi connectivity index (χ4v) is 6.18. The minimum Gasteiger partial charge on any atom is -0.306 e. The quantitative estimate of drug-likeness (QED) is 0.421. The molecule has 0 amide bonds. The van der Waals surface area contributed by atoms with Crippen molar-refractivity contribution >= 4 is 27.4 Å². The van der Waals surface area contributed by atoms with Crippen LogP contribution in [0.4, 0.5) is 19.0 Å². The second-order valence-corrected chi connectivity index (χ2v) is 11.5. The third kappa shape index (κ3) is 6.58. The highest BCUT2D eigenvalue weighted by atomic mass is 35.5. The van der Waals surface area contributed by atoms with E-state index < -0.39 is 21.8 Å². The van der Waals surface area contributed by atoms with Gasteiger partial charge >= 0.3 is 6.18 Å². The standard InChI is InChI=1S/C25H27ClF3N5O2S/c1-34(2)23-12-17(16-4-3-5-19(10-16)25(27,28)29)6-7-18(23)11-22-21(26)13-20(14-31-22)37(35,36)33-24-8-9-30-15-32-24/h3-5,8-10,13-15,17-18,23H,6-7,11-12H2,1-2H3,(H,30,32,33)/t17-,18?,23-/m0/s1. The molecule has 1 aliphatic rings. The number of sulfonamides is 1. The van der Waals surface area contributed by atoms with Gasteiger partial charge in [0.05, 0.1) is 16.3 Å². The maximum Gasteiger partial charge on any atom is 0.416 e. The lowest BCUT2D eigenvalue weighted by molar-refractivity contribution is -0.137. The summed E-state index contributed by atoms with van der Waals surface area (Å²) in [6.45, 7) is 0. The molecule has 1 aromatic carbocycles. The average molecular weight is 554 g/mol. The Labute approximate surface area is 219 Å². The molecule has 0 bridgehead atoms. The van der Waals surface area contributed by atoms with Crippen molar-refractivity contribution in [2.45, 2.75) is 48.7 Å². The van der Waals surface area contributed by atoms with E-state index in [0.717, 1.165) is 18.9 Å². The molecule has 1 aliphatic carbocycles. The van der Waals surface area contributed by atoms with Crippen LogP contribution in [0, 0.1) is 5.92 Å². The largest absolute Gasteiger partial charge is 0.416 e. The molecule has 198 valence electrons. The molecule has 4 rings (SSSR count). The number of hydrogen-bond donors (Lipinski definition) is 1. The number of halogens is 4. The Balaban J connectivity index is 1.48. The number of benzene rings is 1. The normalized spacial score (nSPS) is 20.7. The van der Waals surface area contributed by atoms with Crippen LogP contribution >= 0.6 is 11.6 Å². The van der Waals surface area contributed by atoms with Crippen LogP contribution in [0.1, 0.15) is 42.0 Å². The molecule has 0 radical (unpaired) electrons. The van der Waals surface area contributed by atoms with Gasteiger partial charge in [-0.3, -0.25) is 9.71 Å². The van der Waals surface area contributed by atoms with E-state index in [0.29, 0.717) is 24.1 Å². The van der Waals surface area contributed by atoms with E-state index in [1.54, 1.807) is 6.07 Å². The molecule has 1 N–H and O–H groups in total. The van der Waals surface area contributed by atoms with Crippen LogP contribution < -0.4 is 4.72 Å². The van der Waals surface area contributed by atoms with E-state index in [-0.39, 0.29) is 33.6 Å². The zero-order valence-electron chi connectivity index (χ0n) is 20.3. The fourth-order valence-electron chi connectivity index (χ4n) is 4.89.